The minimum absolute atomic E-state index is 0.0529. The highest BCUT2D eigenvalue weighted by Gasteiger charge is 2.00. The highest BCUT2D eigenvalue weighted by Crippen LogP contribution is 2.14. The van der Waals surface area contributed by atoms with E-state index in [0.717, 1.165) is 17.7 Å². The summed E-state index contributed by atoms with van der Waals surface area (Å²) in [4.78, 5) is 0. The summed E-state index contributed by atoms with van der Waals surface area (Å²) in [5.74, 6) is 1.11. The molecule has 1 aromatic carbocycles. The van der Waals surface area contributed by atoms with E-state index in [0.29, 0.717) is 6.61 Å². The first kappa shape index (κ1) is 13.7. The first-order valence-electron chi connectivity index (χ1n) is 5.87. The smallest absolute Gasteiger partial charge is 0.119 e. The van der Waals surface area contributed by atoms with Crippen molar-refractivity contribution in [3.63, 3.8) is 0 Å². The Hall–Kier alpha value is -1.32. The van der Waals surface area contributed by atoms with Crippen LogP contribution in [0.1, 0.15) is 18.9 Å². The molecule has 1 rings (SSSR count). The van der Waals surface area contributed by atoms with E-state index in [9.17, 15) is 0 Å². The molecule has 3 nitrogen and oxygen atoms in total. The van der Waals surface area contributed by atoms with Crippen LogP contribution in [-0.4, -0.2) is 30.0 Å². The second-order valence-corrected chi connectivity index (χ2v) is 4.08. The normalized spacial score (nSPS) is 12.9. The lowest BCUT2D eigenvalue weighted by atomic mass is 10.1. The van der Waals surface area contributed by atoms with Crippen LogP contribution in [0.25, 0.3) is 6.08 Å². The summed E-state index contributed by atoms with van der Waals surface area (Å²) in [6.45, 7) is 2.87. The second kappa shape index (κ2) is 7.87. The third kappa shape index (κ3) is 5.52. The molecule has 0 radical (unpaired) electrons. The zero-order chi connectivity index (χ0) is 12.5. The summed E-state index contributed by atoms with van der Waals surface area (Å²) in [5.41, 5.74) is 1.04. The summed E-state index contributed by atoms with van der Waals surface area (Å²) < 4.78 is 5.55. The molecule has 0 aliphatic rings. The number of aliphatic hydroxyl groups is 2. The van der Waals surface area contributed by atoms with Gasteiger partial charge in [0.15, 0.2) is 0 Å². The lowest BCUT2D eigenvalue weighted by molar-refractivity contribution is 0.202. The highest BCUT2D eigenvalue weighted by atomic mass is 16.5. The van der Waals surface area contributed by atoms with E-state index < -0.39 is 0 Å². The minimum atomic E-state index is 0.0529. The van der Waals surface area contributed by atoms with E-state index >= 15 is 0 Å². The van der Waals surface area contributed by atoms with Gasteiger partial charge < -0.3 is 14.9 Å². The Bertz CT molecular complexity index is 330. The summed E-state index contributed by atoms with van der Waals surface area (Å²) in [6.07, 6.45) is 4.40. The van der Waals surface area contributed by atoms with Crippen LogP contribution in [0, 0.1) is 5.92 Å². The SMILES string of the molecule is C[C@@H](CO)CCOc1ccc(/C=C\CO)cc1. The Kier molecular flexibility index (Phi) is 6.37. The van der Waals surface area contributed by atoms with Crippen molar-refractivity contribution in [3.05, 3.63) is 35.9 Å². The van der Waals surface area contributed by atoms with Crippen LogP contribution in [0.2, 0.25) is 0 Å². The Balaban J connectivity index is 2.37. The van der Waals surface area contributed by atoms with Gasteiger partial charge in [0.05, 0.1) is 13.2 Å². The van der Waals surface area contributed by atoms with Gasteiger partial charge in [0.25, 0.3) is 0 Å². The standard InChI is InChI=1S/C14H20O3/c1-12(11-16)8-10-17-14-6-4-13(5-7-14)3-2-9-15/h2-7,12,15-16H,8-11H2,1H3/b3-2-/t12-/m1/s1. The maximum absolute atomic E-state index is 8.87. The molecular formula is C14H20O3. The fourth-order valence-electron chi connectivity index (χ4n) is 1.33. The number of rotatable bonds is 7. The Morgan fingerprint density at radius 1 is 1.24 bits per heavy atom. The van der Waals surface area contributed by atoms with Crippen molar-refractivity contribution >= 4 is 6.08 Å². The van der Waals surface area contributed by atoms with Crippen molar-refractivity contribution < 1.29 is 14.9 Å². The molecule has 17 heavy (non-hydrogen) atoms. The van der Waals surface area contributed by atoms with Crippen LogP contribution in [-0.2, 0) is 0 Å². The van der Waals surface area contributed by atoms with Crippen LogP contribution in [0.15, 0.2) is 30.3 Å². The first-order valence-corrected chi connectivity index (χ1v) is 5.87. The molecule has 1 aromatic rings. The summed E-state index contributed by atoms with van der Waals surface area (Å²) >= 11 is 0. The molecule has 94 valence electrons. The van der Waals surface area contributed by atoms with Gasteiger partial charge in [-0.2, -0.15) is 0 Å². The van der Waals surface area contributed by atoms with Gasteiger partial charge in [0, 0.05) is 6.61 Å². The molecule has 0 heterocycles. The summed E-state index contributed by atoms with van der Waals surface area (Å²) in [7, 11) is 0. The lowest BCUT2D eigenvalue weighted by Crippen LogP contribution is -2.07. The van der Waals surface area contributed by atoms with Gasteiger partial charge in [-0.15, -0.1) is 0 Å². The molecule has 0 aliphatic carbocycles. The van der Waals surface area contributed by atoms with Gasteiger partial charge in [-0.05, 0) is 30.0 Å². The van der Waals surface area contributed by atoms with Gasteiger partial charge in [-0.3, -0.25) is 0 Å². The molecule has 0 unspecified atom stereocenters. The van der Waals surface area contributed by atoms with Crippen LogP contribution in [0.5, 0.6) is 5.75 Å². The minimum Gasteiger partial charge on any atom is -0.494 e. The van der Waals surface area contributed by atoms with Crippen molar-refractivity contribution in [3.8, 4) is 5.75 Å². The van der Waals surface area contributed by atoms with Crippen LogP contribution >= 0.6 is 0 Å². The van der Waals surface area contributed by atoms with E-state index in [1.165, 1.54) is 0 Å². The zero-order valence-electron chi connectivity index (χ0n) is 10.2. The number of hydrogen-bond acceptors (Lipinski definition) is 3. The van der Waals surface area contributed by atoms with Gasteiger partial charge >= 0.3 is 0 Å². The molecule has 0 bridgehead atoms. The number of ether oxygens (including phenoxy) is 1. The van der Waals surface area contributed by atoms with Gasteiger partial charge in [-0.25, -0.2) is 0 Å². The summed E-state index contributed by atoms with van der Waals surface area (Å²) in [6, 6.07) is 7.69. The topological polar surface area (TPSA) is 49.7 Å². The Morgan fingerprint density at radius 3 is 2.53 bits per heavy atom. The monoisotopic (exact) mass is 236 g/mol. The maximum Gasteiger partial charge on any atom is 0.119 e. The third-order valence-electron chi connectivity index (χ3n) is 2.49. The van der Waals surface area contributed by atoms with E-state index in [1.807, 2.05) is 37.3 Å². The first-order chi connectivity index (χ1) is 8.26. The molecule has 0 saturated heterocycles. The van der Waals surface area contributed by atoms with E-state index in [1.54, 1.807) is 6.08 Å². The molecular weight excluding hydrogens is 216 g/mol. The second-order valence-electron chi connectivity index (χ2n) is 4.08. The fourth-order valence-corrected chi connectivity index (χ4v) is 1.33. The average molecular weight is 236 g/mol. The maximum atomic E-state index is 8.87. The number of benzene rings is 1. The van der Waals surface area contributed by atoms with Gasteiger partial charge in [0.1, 0.15) is 5.75 Å². The van der Waals surface area contributed by atoms with Crippen molar-refractivity contribution in [1.29, 1.82) is 0 Å². The number of aliphatic hydroxyl groups excluding tert-OH is 2. The lowest BCUT2D eigenvalue weighted by Gasteiger charge is -2.09. The predicted octanol–water partition coefficient (Wildman–Crippen LogP) is 2.09. The number of hydrogen-bond donors (Lipinski definition) is 2. The van der Waals surface area contributed by atoms with Crippen molar-refractivity contribution in [2.24, 2.45) is 5.92 Å². The Labute approximate surface area is 102 Å². The van der Waals surface area contributed by atoms with Gasteiger partial charge in [0.2, 0.25) is 0 Å². The van der Waals surface area contributed by atoms with Crippen LogP contribution in [0.4, 0.5) is 0 Å². The molecule has 1 atom stereocenters. The van der Waals surface area contributed by atoms with Crippen molar-refractivity contribution in [1.82, 2.24) is 0 Å². The highest BCUT2D eigenvalue weighted by molar-refractivity contribution is 5.50. The van der Waals surface area contributed by atoms with Crippen LogP contribution < -0.4 is 4.74 Å². The Morgan fingerprint density at radius 2 is 1.94 bits per heavy atom. The molecule has 2 N–H and O–H groups in total. The van der Waals surface area contributed by atoms with Crippen LogP contribution in [0.3, 0.4) is 0 Å². The van der Waals surface area contributed by atoms with E-state index in [4.69, 9.17) is 14.9 Å². The molecule has 0 amide bonds. The van der Waals surface area contributed by atoms with E-state index in [-0.39, 0.29) is 19.1 Å². The predicted molar refractivity (Wildman–Crippen MR) is 68.9 cm³/mol. The van der Waals surface area contributed by atoms with Gasteiger partial charge in [-0.1, -0.05) is 31.2 Å². The van der Waals surface area contributed by atoms with Crippen molar-refractivity contribution in [2.75, 3.05) is 19.8 Å². The molecule has 0 aliphatic heterocycles. The molecule has 0 fully saturated rings. The zero-order valence-corrected chi connectivity index (χ0v) is 10.2. The quantitative estimate of drug-likeness (QED) is 0.762. The summed E-state index contributed by atoms with van der Waals surface area (Å²) in [5, 5.41) is 17.5. The largest absolute Gasteiger partial charge is 0.494 e. The molecule has 3 heteroatoms. The molecule has 0 aromatic heterocycles. The fraction of sp³-hybridized carbons (Fsp3) is 0.429. The average Bonchev–Trinajstić information content (AvgIpc) is 2.37. The molecule has 0 spiro atoms. The third-order valence-corrected chi connectivity index (χ3v) is 2.49. The molecule has 0 saturated carbocycles. The van der Waals surface area contributed by atoms with E-state index in [2.05, 4.69) is 0 Å². The van der Waals surface area contributed by atoms with Crippen molar-refractivity contribution in [2.45, 2.75) is 13.3 Å².